The molecular formula is C23H26N2O5. The minimum absolute atomic E-state index is 0.0568. The summed E-state index contributed by atoms with van der Waals surface area (Å²) >= 11 is 0. The maximum atomic E-state index is 12.8. The first-order chi connectivity index (χ1) is 14.6. The molecule has 0 aliphatic carbocycles. The van der Waals surface area contributed by atoms with E-state index in [0.717, 1.165) is 36.2 Å². The molecule has 0 spiro atoms. The Balaban J connectivity index is 1.40. The first-order valence-corrected chi connectivity index (χ1v) is 9.92. The maximum absolute atomic E-state index is 12.8. The van der Waals surface area contributed by atoms with Crippen LogP contribution < -0.4 is 14.2 Å². The molecule has 158 valence electrons. The van der Waals surface area contributed by atoms with Crippen molar-refractivity contribution in [2.75, 3.05) is 47.5 Å². The van der Waals surface area contributed by atoms with E-state index in [4.69, 9.17) is 18.6 Å². The van der Waals surface area contributed by atoms with Crippen LogP contribution in [0, 0.1) is 0 Å². The number of furan rings is 1. The lowest BCUT2D eigenvalue weighted by molar-refractivity contribution is 0.0600. The van der Waals surface area contributed by atoms with Crippen LogP contribution in [0.25, 0.3) is 11.0 Å². The van der Waals surface area contributed by atoms with Gasteiger partial charge in [-0.3, -0.25) is 9.69 Å². The third-order valence-electron chi connectivity index (χ3n) is 5.43. The molecule has 0 saturated carbocycles. The number of methoxy groups -OCH3 is 3. The van der Waals surface area contributed by atoms with Gasteiger partial charge < -0.3 is 23.5 Å². The van der Waals surface area contributed by atoms with E-state index in [1.807, 2.05) is 47.4 Å². The summed E-state index contributed by atoms with van der Waals surface area (Å²) in [7, 11) is 4.82. The molecule has 1 amide bonds. The van der Waals surface area contributed by atoms with Gasteiger partial charge in [-0.25, -0.2) is 0 Å². The molecule has 0 bridgehead atoms. The fraction of sp³-hybridized carbons (Fsp3) is 0.348. The van der Waals surface area contributed by atoms with Crippen molar-refractivity contribution in [2.24, 2.45) is 0 Å². The highest BCUT2D eigenvalue weighted by atomic mass is 16.5. The number of hydrogen-bond acceptors (Lipinski definition) is 6. The quantitative estimate of drug-likeness (QED) is 0.621. The minimum Gasteiger partial charge on any atom is -0.493 e. The van der Waals surface area contributed by atoms with Crippen LogP contribution in [-0.4, -0.2) is 63.2 Å². The topological polar surface area (TPSA) is 64.4 Å². The van der Waals surface area contributed by atoms with Crippen LogP contribution in [0.15, 0.2) is 46.9 Å². The maximum Gasteiger partial charge on any atom is 0.289 e. The lowest BCUT2D eigenvalue weighted by Crippen LogP contribution is -2.48. The van der Waals surface area contributed by atoms with E-state index in [0.29, 0.717) is 36.1 Å². The van der Waals surface area contributed by atoms with Crippen LogP contribution in [0.1, 0.15) is 16.1 Å². The van der Waals surface area contributed by atoms with Gasteiger partial charge in [0.05, 0.1) is 21.3 Å². The number of fused-ring (bicyclic) bond motifs is 1. The van der Waals surface area contributed by atoms with Crippen molar-refractivity contribution in [1.82, 2.24) is 9.80 Å². The number of ether oxygens (including phenoxy) is 3. The molecule has 0 unspecified atom stereocenters. The zero-order chi connectivity index (χ0) is 21.1. The van der Waals surface area contributed by atoms with Crippen LogP contribution >= 0.6 is 0 Å². The number of carbonyl (C=O) groups excluding carboxylic acids is 1. The molecule has 0 N–H and O–H groups in total. The second-order valence-electron chi connectivity index (χ2n) is 7.25. The highest BCUT2D eigenvalue weighted by Gasteiger charge is 2.25. The molecule has 2 heterocycles. The normalized spacial score (nSPS) is 14.7. The molecule has 1 saturated heterocycles. The Morgan fingerprint density at radius 2 is 1.60 bits per heavy atom. The van der Waals surface area contributed by atoms with Gasteiger partial charge in [-0.05, 0) is 29.8 Å². The number of amides is 1. The molecule has 30 heavy (non-hydrogen) atoms. The predicted molar refractivity (Wildman–Crippen MR) is 113 cm³/mol. The Labute approximate surface area is 175 Å². The summed E-state index contributed by atoms with van der Waals surface area (Å²) in [6.45, 7) is 3.61. The smallest absolute Gasteiger partial charge is 0.289 e. The van der Waals surface area contributed by atoms with E-state index in [-0.39, 0.29) is 5.91 Å². The Kier molecular flexibility index (Phi) is 5.81. The number of benzene rings is 2. The number of carbonyl (C=O) groups is 1. The van der Waals surface area contributed by atoms with Crippen molar-refractivity contribution in [1.29, 1.82) is 0 Å². The molecule has 1 aromatic heterocycles. The van der Waals surface area contributed by atoms with Gasteiger partial charge in [0.1, 0.15) is 5.58 Å². The highest BCUT2D eigenvalue weighted by molar-refractivity contribution is 5.96. The van der Waals surface area contributed by atoms with Gasteiger partial charge in [-0.15, -0.1) is 0 Å². The van der Waals surface area contributed by atoms with Gasteiger partial charge >= 0.3 is 0 Å². The van der Waals surface area contributed by atoms with Crippen molar-refractivity contribution < 1.29 is 23.4 Å². The van der Waals surface area contributed by atoms with Crippen molar-refractivity contribution in [3.63, 3.8) is 0 Å². The van der Waals surface area contributed by atoms with Crippen molar-refractivity contribution in [2.45, 2.75) is 6.54 Å². The molecular weight excluding hydrogens is 384 g/mol. The van der Waals surface area contributed by atoms with Crippen molar-refractivity contribution >= 4 is 16.9 Å². The predicted octanol–water partition coefficient (Wildman–Crippen LogP) is 3.42. The van der Waals surface area contributed by atoms with E-state index >= 15 is 0 Å². The SMILES string of the molecule is COc1cc(CN2CCN(C(=O)c3cc4ccccc4o3)CC2)cc(OC)c1OC. The highest BCUT2D eigenvalue weighted by Crippen LogP contribution is 2.38. The van der Waals surface area contributed by atoms with Gasteiger partial charge in [0.2, 0.25) is 5.75 Å². The monoisotopic (exact) mass is 410 g/mol. The van der Waals surface area contributed by atoms with Crippen molar-refractivity contribution in [3.05, 3.63) is 53.8 Å². The Morgan fingerprint density at radius 3 is 2.20 bits per heavy atom. The molecule has 1 aliphatic rings. The largest absolute Gasteiger partial charge is 0.493 e. The summed E-state index contributed by atoms with van der Waals surface area (Å²) in [6, 6.07) is 13.4. The molecule has 7 heteroatoms. The zero-order valence-electron chi connectivity index (χ0n) is 17.5. The van der Waals surface area contributed by atoms with E-state index in [2.05, 4.69) is 4.90 Å². The molecule has 1 fully saturated rings. The van der Waals surface area contributed by atoms with Crippen molar-refractivity contribution in [3.8, 4) is 17.2 Å². The average Bonchev–Trinajstić information content (AvgIpc) is 3.22. The number of para-hydroxylation sites is 1. The first-order valence-electron chi connectivity index (χ1n) is 9.92. The fourth-order valence-electron chi connectivity index (χ4n) is 3.84. The Bertz CT molecular complexity index is 979. The summed E-state index contributed by atoms with van der Waals surface area (Å²) in [4.78, 5) is 17.0. The van der Waals surface area contributed by atoms with Crippen LogP contribution in [0.4, 0.5) is 0 Å². The summed E-state index contributed by atoms with van der Waals surface area (Å²) < 4.78 is 22.0. The van der Waals surface area contributed by atoms with Gasteiger partial charge in [-0.1, -0.05) is 18.2 Å². The third kappa shape index (κ3) is 3.93. The van der Waals surface area contributed by atoms with Crippen LogP contribution in [-0.2, 0) is 6.54 Å². The van der Waals surface area contributed by atoms with Crippen LogP contribution in [0.2, 0.25) is 0 Å². The zero-order valence-corrected chi connectivity index (χ0v) is 17.5. The van der Waals surface area contributed by atoms with E-state index in [9.17, 15) is 4.79 Å². The lowest BCUT2D eigenvalue weighted by Gasteiger charge is -2.34. The first kappa shape index (κ1) is 20.1. The summed E-state index contributed by atoms with van der Waals surface area (Å²) in [6.07, 6.45) is 0. The molecule has 2 aromatic carbocycles. The number of hydrogen-bond donors (Lipinski definition) is 0. The second-order valence-corrected chi connectivity index (χ2v) is 7.25. The molecule has 0 atom stereocenters. The number of rotatable bonds is 6. The van der Waals surface area contributed by atoms with Gasteiger partial charge in [-0.2, -0.15) is 0 Å². The summed E-state index contributed by atoms with van der Waals surface area (Å²) in [5.74, 6) is 2.22. The van der Waals surface area contributed by atoms with E-state index in [1.54, 1.807) is 21.3 Å². The molecule has 4 rings (SSSR count). The lowest BCUT2D eigenvalue weighted by atomic mass is 10.1. The van der Waals surface area contributed by atoms with Gasteiger partial charge in [0.25, 0.3) is 5.91 Å². The standard InChI is InChI=1S/C23H26N2O5/c1-27-19-12-16(13-20(28-2)22(19)29-3)15-24-8-10-25(11-9-24)23(26)21-14-17-6-4-5-7-18(17)30-21/h4-7,12-14H,8-11,15H2,1-3H3. The van der Waals surface area contributed by atoms with Crippen LogP contribution in [0.3, 0.4) is 0 Å². The molecule has 7 nitrogen and oxygen atoms in total. The average molecular weight is 410 g/mol. The number of nitrogens with zero attached hydrogens (tertiary/aromatic N) is 2. The van der Waals surface area contributed by atoms with Gasteiger partial charge in [0.15, 0.2) is 17.3 Å². The Hall–Kier alpha value is -3.19. The third-order valence-corrected chi connectivity index (χ3v) is 5.43. The van der Waals surface area contributed by atoms with Gasteiger partial charge in [0, 0.05) is 38.1 Å². The van der Waals surface area contributed by atoms with E-state index in [1.165, 1.54) is 0 Å². The minimum atomic E-state index is -0.0568. The summed E-state index contributed by atoms with van der Waals surface area (Å²) in [5.41, 5.74) is 1.81. The second kappa shape index (κ2) is 8.67. The Morgan fingerprint density at radius 1 is 0.933 bits per heavy atom. The fourth-order valence-corrected chi connectivity index (χ4v) is 3.84. The summed E-state index contributed by atoms with van der Waals surface area (Å²) in [5, 5.41) is 0.946. The van der Waals surface area contributed by atoms with E-state index < -0.39 is 0 Å². The molecule has 0 radical (unpaired) electrons. The molecule has 1 aliphatic heterocycles. The van der Waals surface area contributed by atoms with Crippen LogP contribution in [0.5, 0.6) is 17.2 Å². The number of piperazine rings is 1. The molecule has 3 aromatic rings.